The molecule has 0 radical (unpaired) electrons. The minimum Gasteiger partial charge on any atom is -0.458 e. The number of nitrogens with one attached hydrogen (secondary N) is 1. The highest BCUT2D eigenvalue weighted by molar-refractivity contribution is 7.92. The fourth-order valence-electron chi connectivity index (χ4n) is 4.89. The smallest absolute Gasteiger partial charge is 0.317 e. The van der Waals surface area contributed by atoms with Crippen LogP contribution in [0.2, 0.25) is 0 Å². The summed E-state index contributed by atoms with van der Waals surface area (Å²) in [5, 5.41) is 8.67. The number of rotatable bonds is 10. The standard InChI is InChI=1S/C26H31N3O5S/c1-4-12-26(13-5-2)15-22(30)24(25(31)34-26)21(6-3)19-8-7-9-20(14-19)29-35(32,33)23-11-10-18(16-27)17-28-23/h7-11,14,17,21,24,29H,4-6,12-13,15H2,1-3H3. The Morgan fingerprint density at radius 1 is 1.17 bits per heavy atom. The zero-order valence-corrected chi connectivity index (χ0v) is 21.1. The number of ether oxygens (including phenoxy) is 1. The average Bonchev–Trinajstić information content (AvgIpc) is 2.81. The number of cyclic esters (lactones) is 1. The maximum absolute atomic E-state index is 13.3. The average molecular weight is 498 g/mol. The van der Waals surface area contributed by atoms with Crippen LogP contribution < -0.4 is 4.72 Å². The number of ketones is 1. The molecule has 0 saturated carbocycles. The molecule has 1 N–H and O–H groups in total. The van der Waals surface area contributed by atoms with Crippen LogP contribution in [0.5, 0.6) is 0 Å². The maximum atomic E-state index is 13.3. The SMILES string of the molecule is CCCC1(CCC)CC(=O)C(C(CC)c2cccc(NS(=O)(=O)c3ccc(C#N)cn3)c2)C(=O)O1. The summed E-state index contributed by atoms with van der Waals surface area (Å²) in [5.74, 6) is -1.98. The van der Waals surface area contributed by atoms with E-state index in [1.807, 2.05) is 26.8 Å². The van der Waals surface area contributed by atoms with Gasteiger partial charge in [-0.15, -0.1) is 0 Å². The highest BCUT2D eigenvalue weighted by Gasteiger charge is 2.48. The summed E-state index contributed by atoms with van der Waals surface area (Å²) >= 11 is 0. The molecule has 2 heterocycles. The molecule has 1 aromatic heterocycles. The lowest BCUT2D eigenvalue weighted by molar-refractivity contribution is -0.180. The Bertz CT molecular complexity index is 1190. The van der Waals surface area contributed by atoms with E-state index in [2.05, 4.69) is 9.71 Å². The van der Waals surface area contributed by atoms with E-state index >= 15 is 0 Å². The van der Waals surface area contributed by atoms with Gasteiger partial charge in [0.1, 0.15) is 17.6 Å². The van der Waals surface area contributed by atoms with Crippen LogP contribution in [-0.4, -0.2) is 30.8 Å². The van der Waals surface area contributed by atoms with Gasteiger partial charge in [0, 0.05) is 24.2 Å². The lowest BCUT2D eigenvalue weighted by Crippen LogP contribution is -2.49. The van der Waals surface area contributed by atoms with E-state index < -0.39 is 33.4 Å². The van der Waals surface area contributed by atoms with Crippen LogP contribution in [0.15, 0.2) is 47.6 Å². The highest BCUT2D eigenvalue weighted by Crippen LogP contribution is 2.41. The quantitative estimate of drug-likeness (QED) is 0.372. The number of Topliss-reactive ketones (excluding diaryl/α,β-unsaturated/α-hetero) is 1. The predicted octanol–water partition coefficient (Wildman–Crippen LogP) is 4.72. The summed E-state index contributed by atoms with van der Waals surface area (Å²) in [4.78, 5) is 30.2. The van der Waals surface area contributed by atoms with Crippen molar-refractivity contribution in [3.8, 4) is 6.07 Å². The van der Waals surface area contributed by atoms with Crippen molar-refractivity contribution in [3.63, 3.8) is 0 Å². The molecule has 1 aliphatic rings. The van der Waals surface area contributed by atoms with Crippen LogP contribution in [0, 0.1) is 17.2 Å². The first-order valence-electron chi connectivity index (χ1n) is 11.9. The molecule has 3 rings (SSSR count). The van der Waals surface area contributed by atoms with Crippen molar-refractivity contribution in [2.45, 2.75) is 75.8 Å². The van der Waals surface area contributed by atoms with Gasteiger partial charge >= 0.3 is 5.97 Å². The summed E-state index contributed by atoms with van der Waals surface area (Å²) in [5.41, 5.74) is 0.491. The van der Waals surface area contributed by atoms with Crippen molar-refractivity contribution in [2.24, 2.45) is 5.92 Å². The van der Waals surface area contributed by atoms with E-state index in [4.69, 9.17) is 10.00 Å². The van der Waals surface area contributed by atoms with Crippen LogP contribution in [0.1, 0.15) is 76.3 Å². The molecule has 1 aromatic carbocycles. The largest absolute Gasteiger partial charge is 0.458 e. The fourth-order valence-corrected chi connectivity index (χ4v) is 5.87. The number of nitrogens with zero attached hydrogens (tertiary/aromatic N) is 2. The van der Waals surface area contributed by atoms with Gasteiger partial charge in [0.25, 0.3) is 10.0 Å². The first kappa shape index (κ1) is 26.4. The van der Waals surface area contributed by atoms with Gasteiger partial charge in [-0.2, -0.15) is 13.7 Å². The molecule has 1 aliphatic heterocycles. The maximum Gasteiger partial charge on any atom is 0.317 e. The molecule has 9 heteroatoms. The van der Waals surface area contributed by atoms with Gasteiger partial charge in [0.2, 0.25) is 0 Å². The Balaban J connectivity index is 1.85. The first-order valence-corrected chi connectivity index (χ1v) is 13.4. The molecule has 8 nitrogen and oxygen atoms in total. The molecular formula is C26H31N3O5S. The van der Waals surface area contributed by atoms with E-state index in [1.54, 1.807) is 24.3 Å². The Labute approximate surface area is 206 Å². The van der Waals surface area contributed by atoms with E-state index in [0.29, 0.717) is 24.8 Å². The predicted molar refractivity (Wildman–Crippen MR) is 131 cm³/mol. The summed E-state index contributed by atoms with van der Waals surface area (Å²) in [6.45, 7) is 5.91. The molecule has 0 bridgehead atoms. The first-order chi connectivity index (χ1) is 16.7. The Kier molecular flexibility index (Phi) is 8.28. The number of hydrogen-bond acceptors (Lipinski definition) is 7. The number of carbonyl (C=O) groups is 2. The van der Waals surface area contributed by atoms with Crippen molar-refractivity contribution >= 4 is 27.5 Å². The van der Waals surface area contributed by atoms with Crippen molar-refractivity contribution in [1.82, 2.24) is 4.98 Å². The van der Waals surface area contributed by atoms with Crippen molar-refractivity contribution in [3.05, 3.63) is 53.7 Å². The third kappa shape index (κ3) is 5.88. The van der Waals surface area contributed by atoms with Gasteiger partial charge in [0.05, 0.1) is 5.56 Å². The third-order valence-corrected chi connectivity index (χ3v) is 7.67. The second-order valence-corrected chi connectivity index (χ2v) is 10.6. The highest BCUT2D eigenvalue weighted by atomic mass is 32.2. The van der Waals surface area contributed by atoms with Crippen LogP contribution in [-0.2, 0) is 24.3 Å². The summed E-state index contributed by atoms with van der Waals surface area (Å²) < 4.78 is 34.0. The molecule has 35 heavy (non-hydrogen) atoms. The second-order valence-electron chi connectivity index (χ2n) is 8.97. The topological polar surface area (TPSA) is 126 Å². The van der Waals surface area contributed by atoms with Gasteiger partial charge in [-0.1, -0.05) is 45.7 Å². The second kappa shape index (κ2) is 11.0. The number of benzene rings is 1. The van der Waals surface area contributed by atoms with Gasteiger partial charge < -0.3 is 4.74 Å². The fraction of sp³-hybridized carbons (Fsp3) is 0.462. The zero-order valence-electron chi connectivity index (χ0n) is 20.3. The number of sulfonamides is 1. The van der Waals surface area contributed by atoms with Crippen molar-refractivity contribution < 1.29 is 22.7 Å². The normalized spacial score (nSPS) is 18.4. The van der Waals surface area contributed by atoms with E-state index in [9.17, 15) is 18.0 Å². The third-order valence-electron chi connectivity index (χ3n) is 6.38. The minimum absolute atomic E-state index is 0.122. The molecule has 1 saturated heterocycles. The van der Waals surface area contributed by atoms with Crippen LogP contribution in [0.4, 0.5) is 5.69 Å². The Morgan fingerprint density at radius 3 is 2.43 bits per heavy atom. The molecule has 186 valence electrons. The van der Waals surface area contributed by atoms with Gasteiger partial charge in [0.15, 0.2) is 10.8 Å². The van der Waals surface area contributed by atoms with Crippen LogP contribution >= 0.6 is 0 Å². The molecule has 0 amide bonds. The van der Waals surface area contributed by atoms with Gasteiger partial charge in [-0.05, 0) is 49.1 Å². The number of anilines is 1. The summed E-state index contributed by atoms with van der Waals surface area (Å²) in [6, 6.07) is 11.2. The summed E-state index contributed by atoms with van der Waals surface area (Å²) in [6.07, 6.45) is 4.85. The number of esters is 1. The Hall–Kier alpha value is -3.25. The van der Waals surface area contributed by atoms with Gasteiger partial charge in [-0.25, -0.2) is 4.98 Å². The van der Waals surface area contributed by atoms with E-state index in [0.717, 1.165) is 12.8 Å². The molecule has 0 spiro atoms. The lowest BCUT2D eigenvalue weighted by atomic mass is 9.74. The molecular weight excluding hydrogens is 466 g/mol. The monoisotopic (exact) mass is 497 g/mol. The van der Waals surface area contributed by atoms with Crippen LogP contribution in [0.3, 0.4) is 0 Å². The summed E-state index contributed by atoms with van der Waals surface area (Å²) in [7, 11) is -3.99. The molecule has 2 atom stereocenters. The Morgan fingerprint density at radius 2 is 1.89 bits per heavy atom. The van der Waals surface area contributed by atoms with E-state index in [1.165, 1.54) is 18.3 Å². The number of aromatic nitrogens is 1. The molecule has 0 aliphatic carbocycles. The number of pyridine rings is 1. The van der Waals surface area contributed by atoms with Crippen molar-refractivity contribution in [2.75, 3.05) is 4.72 Å². The number of hydrogen-bond donors (Lipinski definition) is 1. The molecule has 2 aromatic rings. The van der Waals surface area contributed by atoms with Gasteiger partial charge in [-0.3, -0.25) is 14.3 Å². The zero-order chi connectivity index (χ0) is 25.6. The lowest BCUT2D eigenvalue weighted by Gasteiger charge is -2.40. The number of carbonyl (C=O) groups excluding carboxylic acids is 2. The molecule has 1 fully saturated rings. The van der Waals surface area contributed by atoms with Crippen molar-refractivity contribution in [1.29, 1.82) is 5.26 Å². The number of nitriles is 1. The van der Waals surface area contributed by atoms with E-state index in [-0.39, 0.29) is 28.5 Å². The molecule has 2 unspecified atom stereocenters. The van der Waals surface area contributed by atoms with Crippen LogP contribution in [0.25, 0.3) is 0 Å². The minimum atomic E-state index is -3.99.